The van der Waals surface area contributed by atoms with Crippen LogP contribution in [0.5, 0.6) is 5.75 Å². The summed E-state index contributed by atoms with van der Waals surface area (Å²) in [7, 11) is -4.18. The Balaban J connectivity index is 1.83. The van der Waals surface area contributed by atoms with E-state index in [2.05, 4.69) is 5.16 Å². The molecule has 0 radical (unpaired) electrons. The van der Waals surface area contributed by atoms with Crippen molar-refractivity contribution in [2.75, 3.05) is 17.5 Å². The highest BCUT2D eigenvalue weighted by atomic mass is 35.5. The van der Waals surface area contributed by atoms with E-state index >= 15 is 0 Å². The van der Waals surface area contributed by atoms with Crippen LogP contribution in [0.1, 0.15) is 37.0 Å². The van der Waals surface area contributed by atoms with Gasteiger partial charge in [-0.1, -0.05) is 53.2 Å². The predicted octanol–water partition coefficient (Wildman–Crippen LogP) is 5.70. The number of carboxylic acid groups (broad SMARTS) is 1. The average molecular weight is 559 g/mol. The minimum Gasteiger partial charge on any atom is -0.493 e. The third-order valence-corrected chi connectivity index (χ3v) is 8.02. The first kappa shape index (κ1) is 29.0. The maximum atomic E-state index is 13.7. The molecule has 8 nitrogen and oxygen atoms in total. The van der Waals surface area contributed by atoms with Crippen LogP contribution in [0.15, 0.2) is 76.8 Å². The first-order valence-electron chi connectivity index (χ1n) is 12.1. The molecule has 1 N–H and O–H groups in total. The van der Waals surface area contributed by atoms with Gasteiger partial charge in [0.25, 0.3) is 10.0 Å². The first-order chi connectivity index (χ1) is 18.1. The van der Waals surface area contributed by atoms with Crippen LogP contribution in [-0.2, 0) is 26.1 Å². The van der Waals surface area contributed by atoms with Crippen LogP contribution in [-0.4, -0.2) is 45.0 Å². The highest BCUT2D eigenvalue weighted by Crippen LogP contribution is 2.33. The zero-order valence-electron chi connectivity index (χ0n) is 21.5. The van der Waals surface area contributed by atoms with Crippen LogP contribution in [0.3, 0.4) is 0 Å². The number of oxime groups is 1. The molecule has 0 amide bonds. The number of halogens is 1. The molecule has 0 aromatic heterocycles. The van der Waals surface area contributed by atoms with Gasteiger partial charge in [-0.05, 0) is 61.7 Å². The monoisotopic (exact) mass is 558 g/mol. The van der Waals surface area contributed by atoms with E-state index in [9.17, 15) is 18.3 Å². The second kappa shape index (κ2) is 13.3. The molecule has 1 unspecified atom stereocenters. The minimum absolute atomic E-state index is 0.0549. The van der Waals surface area contributed by atoms with Crippen molar-refractivity contribution < 1.29 is 27.9 Å². The second-order valence-corrected chi connectivity index (χ2v) is 10.9. The van der Waals surface area contributed by atoms with Crippen molar-refractivity contribution in [1.82, 2.24) is 0 Å². The summed E-state index contributed by atoms with van der Waals surface area (Å²) in [4.78, 5) is 16.4. The molecule has 0 aliphatic rings. The first-order valence-corrected chi connectivity index (χ1v) is 13.9. The minimum atomic E-state index is -4.18. The third kappa shape index (κ3) is 7.72. The molecule has 0 fully saturated rings. The molecule has 3 rings (SSSR count). The number of carbonyl (C=O) groups is 1. The van der Waals surface area contributed by atoms with Crippen LogP contribution in [0.4, 0.5) is 5.69 Å². The van der Waals surface area contributed by atoms with E-state index in [1.165, 1.54) is 12.1 Å². The lowest BCUT2D eigenvalue weighted by atomic mass is 10.1. The van der Waals surface area contributed by atoms with Gasteiger partial charge in [0.05, 0.1) is 36.0 Å². The standard InChI is InChI=1S/C28H31ClN2O6S/c1-4-37-30-19-23-11-9-22(10-12-23)13-14-36-25-16-20(2)15-24(18-25)31(21(3)17-28(32)33)38(34,35)27-8-6-5-7-26(27)29/h5-12,15-16,18-19,21H,4,13-14,17H2,1-3H3,(H,32,33). The Morgan fingerprint density at radius 3 is 2.50 bits per heavy atom. The van der Waals surface area contributed by atoms with Crippen molar-refractivity contribution in [1.29, 1.82) is 0 Å². The Bertz CT molecular complexity index is 1380. The second-order valence-electron chi connectivity index (χ2n) is 8.67. The fourth-order valence-corrected chi connectivity index (χ4v) is 6.03. The number of ether oxygens (including phenoxy) is 1. The molecule has 0 heterocycles. The predicted molar refractivity (Wildman–Crippen MR) is 149 cm³/mol. The number of aryl methyl sites for hydroxylation is 1. The maximum Gasteiger partial charge on any atom is 0.305 e. The topological polar surface area (TPSA) is 106 Å². The number of anilines is 1. The average Bonchev–Trinajstić information content (AvgIpc) is 2.84. The van der Waals surface area contributed by atoms with Gasteiger partial charge in [0.2, 0.25) is 0 Å². The van der Waals surface area contributed by atoms with Crippen LogP contribution in [0.2, 0.25) is 5.02 Å². The van der Waals surface area contributed by atoms with E-state index in [4.69, 9.17) is 21.2 Å². The van der Waals surface area contributed by atoms with E-state index in [-0.39, 0.29) is 16.3 Å². The Hall–Kier alpha value is -3.56. The summed E-state index contributed by atoms with van der Waals surface area (Å²) in [5, 5.41) is 13.3. The molecular formula is C28H31ClN2O6S. The number of hydrogen-bond acceptors (Lipinski definition) is 6. The molecule has 0 aliphatic heterocycles. The molecule has 1 atom stereocenters. The number of sulfonamides is 1. The molecule has 38 heavy (non-hydrogen) atoms. The summed E-state index contributed by atoms with van der Waals surface area (Å²) in [6.07, 6.45) is 1.88. The molecule has 0 bridgehead atoms. The van der Waals surface area contributed by atoms with Gasteiger partial charge in [-0.3, -0.25) is 9.10 Å². The summed E-state index contributed by atoms with van der Waals surface area (Å²) >= 11 is 6.22. The smallest absolute Gasteiger partial charge is 0.305 e. The molecule has 0 aliphatic carbocycles. The van der Waals surface area contributed by atoms with E-state index in [0.29, 0.717) is 31.1 Å². The quantitative estimate of drug-likeness (QED) is 0.213. The van der Waals surface area contributed by atoms with Gasteiger partial charge in [0.1, 0.15) is 17.3 Å². The third-order valence-electron chi connectivity index (χ3n) is 5.58. The van der Waals surface area contributed by atoms with E-state index < -0.39 is 22.0 Å². The lowest BCUT2D eigenvalue weighted by molar-refractivity contribution is -0.137. The van der Waals surface area contributed by atoms with Crippen LogP contribution >= 0.6 is 11.6 Å². The zero-order valence-corrected chi connectivity index (χ0v) is 23.1. The number of benzene rings is 3. The van der Waals surface area contributed by atoms with Crippen molar-refractivity contribution in [3.8, 4) is 5.75 Å². The van der Waals surface area contributed by atoms with Crippen LogP contribution < -0.4 is 9.04 Å². The highest BCUT2D eigenvalue weighted by molar-refractivity contribution is 7.93. The summed E-state index contributed by atoms with van der Waals surface area (Å²) < 4.78 is 34.5. The van der Waals surface area contributed by atoms with Gasteiger partial charge in [-0.2, -0.15) is 0 Å². The lowest BCUT2D eigenvalue weighted by Gasteiger charge is -2.30. The molecule has 202 valence electrons. The van der Waals surface area contributed by atoms with E-state index in [0.717, 1.165) is 21.0 Å². The van der Waals surface area contributed by atoms with E-state index in [1.54, 1.807) is 43.5 Å². The summed E-state index contributed by atoms with van der Waals surface area (Å²) in [6.45, 7) is 6.10. The van der Waals surface area contributed by atoms with Gasteiger partial charge >= 0.3 is 5.97 Å². The molecule has 3 aromatic rings. The normalized spacial score (nSPS) is 12.3. The van der Waals surface area contributed by atoms with Crippen molar-refractivity contribution in [3.05, 3.63) is 88.4 Å². The number of carboxylic acids is 1. The van der Waals surface area contributed by atoms with Gasteiger partial charge < -0.3 is 14.7 Å². The molecule has 0 saturated carbocycles. The van der Waals surface area contributed by atoms with Crippen molar-refractivity contribution in [2.45, 2.75) is 44.6 Å². The van der Waals surface area contributed by atoms with Gasteiger partial charge in [-0.25, -0.2) is 8.42 Å². The molecule has 10 heteroatoms. The molecular weight excluding hydrogens is 528 g/mol. The fourth-order valence-electron chi connectivity index (χ4n) is 3.89. The number of aliphatic carboxylic acids is 1. The molecule has 3 aromatic carbocycles. The van der Waals surface area contributed by atoms with Crippen molar-refractivity contribution in [2.24, 2.45) is 5.16 Å². The van der Waals surface area contributed by atoms with Crippen molar-refractivity contribution in [3.63, 3.8) is 0 Å². The molecule has 0 spiro atoms. The van der Waals surface area contributed by atoms with Gasteiger partial charge in [0, 0.05) is 12.5 Å². The fraction of sp³-hybridized carbons (Fsp3) is 0.286. The lowest BCUT2D eigenvalue weighted by Crippen LogP contribution is -2.40. The summed E-state index contributed by atoms with van der Waals surface area (Å²) in [6, 6.07) is 18.1. The summed E-state index contributed by atoms with van der Waals surface area (Å²) in [5.41, 5.74) is 3.04. The molecule has 0 saturated heterocycles. The number of nitrogens with zero attached hydrogens (tertiary/aromatic N) is 2. The SMILES string of the molecule is CCON=Cc1ccc(CCOc2cc(C)cc(N(C(C)CC(=O)O)S(=O)(=O)c3ccccc3Cl)c2)cc1. The zero-order chi connectivity index (χ0) is 27.7. The van der Waals surface area contributed by atoms with Crippen LogP contribution in [0, 0.1) is 6.92 Å². The van der Waals surface area contributed by atoms with Crippen molar-refractivity contribution >= 4 is 39.5 Å². The largest absolute Gasteiger partial charge is 0.493 e. The Labute approximate surface area is 228 Å². The maximum absolute atomic E-state index is 13.7. The van der Waals surface area contributed by atoms with E-state index in [1.807, 2.05) is 38.1 Å². The Morgan fingerprint density at radius 1 is 1.13 bits per heavy atom. The number of hydrogen-bond donors (Lipinski definition) is 1. The summed E-state index contributed by atoms with van der Waals surface area (Å²) in [5.74, 6) is -0.640. The van der Waals surface area contributed by atoms with Gasteiger partial charge in [0.15, 0.2) is 0 Å². The van der Waals surface area contributed by atoms with Crippen LogP contribution in [0.25, 0.3) is 0 Å². The Kier molecular flexibility index (Phi) is 10.2. The Morgan fingerprint density at radius 2 is 1.84 bits per heavy atom. The van der Waals surface area contributed by atoms with Gasteiger partial charge in [-0.15, -0.1) is 0 Å². The highest BCUT2D eigenvalue weighted by Gasteiger charge is 2.32. The number of rotatable bonds is 13.